The summed E-state index contributed by atoms with van der Waals surface area (Å²) >= 11 is 12.4. The number of piperidine rings is 1. The number of likely N-dealkylation sites (tertiary alicyclic amines) is 1. The van der Waals surface area contributed by atoms with Gasteiger partial charge in [0.1, 0.15) is 29.0 Å². The minimum absolute atomic E-state index is 0.00208. The van der Waals surface area contributed by atoms with E-state index in [2.05, 4.69) is 132 Å². The zero-order chi connectivity index (χ0) is 75.4. The van der Waals surface area contributed by atoms with Crippen molar-refractivity contribution in [2.24, 2.45) is 0 Å². The third-order valence-electron chi connectivity index (χ3n) is 20.3. The zero-order valence-electron chi connectivity index (χ0n) is 59.8. The van der Waals surface area contributed by atoms with Gasteiger partial charge in [-0.25, -0.2) is 47.5 Å². The maximum absolute atomic E-state index is 14.8. The molecule has 3 aliphatic heterocycles. The summed E-state index contributed by atoms with van der Waals surface area (Å²) in [6, 6.07) is 49.4. The van der Waals surface area contributed by atoms with Crippen LogP contribution in [0, 0.1) is 17.5 Å². The average molecular weight is 1500 g/mol. The van der Waals surface area contributed by atoms with Gasteiger partial charge in [-0.2, -0.15) is 0 Å². The summed E-state index contributed by atoms with van der Waals surface area (Å²) in [5.74, 6) is -0.763. The first-order valence-electron chi connectivity index (χ1n) is 36.3. The van der Waals surface area contributed by atoms with Crippen molar-refractivity contribution in [3.05, 3.63) is 277 Å². The predicted octanol–water partition coefficient (Wildman–Crippen LogP) is 19.4. The van der Waals surface area contributed by atoms with E-state index in [0.717, 1.165) is 147 Å². The van der Waals surface area contributed by atoms with Crippen LogP contribution in [0.2, 0.25) is 5.02 Å². The lowest BCUT2D eigenvalue weighted by atomic mass is 9.88. The number of hydrogen-bond acceptors (Lipinski definition) is 15. The number of fused-ring (bicyclic) bond motifs is 4. The van der Waals surface area contributed by atoms with Crippen LogP contribution >= 0.6 is 23.2 Å². The number of hydrogen-bond donors (Lipinski definition) is 1. The van der Waals surface area contributed by atoms with Gasteiger partial charge in [-0.3, -0.25) is 24.7 Å². The molecule has 1 aliphatic carbocycles. The van der Waals surface area contributed by atoms with Crippen LogP contribution in [-0.4, -0.2) is 130 Å². The summed E-state index contributed by atoms with van der Waals surface area (Å²) in [6.45, 7) is 9.72. The van der Waals surface area contributed by atoms with Crippen LogP contribution in [0.4, 0.5) is 28.9 Å². The molecule has 13 heterocycles. The SMILES string of the molecule is CCN1CCC(c2ccc(-c3cncc(-c4cc(-c5cc(F)ccc5F)nc5ncccc45)c3)cc2)CC1.CN1CCN(c2ccnc(-c3cncc(-c4cc(C5=CC(Cl)CC=C5F)nc5ncccc45)c3)c2)CC1.O=C1COc2ccc(-c3cncc(-c4cc(-c5cc(Cl)ccc5F)nc5ncccc45)c3)cc2N1. The number of anilines is 2. The Morgan fingerprint density at radius 2 is 1.05 bits per heavy atom. The highest BCUT2D eigenvalue weighted by Crippen LogP contribution is 2.41. The van der Waals surface area contributed by atoms with Crippen LogP contribution in [-0.2, 0) is 4.79 Å². The molecule has 1 N–H and O–H groups in total. The fraction of sp³-hybridized carbons (Fsp3) is 0.170. The molecule has 1 atom stereocenters. The summed E-state index contributed by atoms with van der Waals surface area (Å²) in [6.07, 6.45) is 23.7. The highest BCUT2D eigenvalue weighted by Gasteiger charge is 2.25. The highest BCUT2D eigenvalue weighted by molar-refractivity contribution is 6.30. The van der Waals surface area contributed by atoms with Crippen LogP contribution in [0.25, 0.3) is 128 Å². The molecular weight excluding hydrogens is 1430 g/mol. The van der Waals surface area contributed by atoms with E-state index in [1.54, 1.807) is 55.4 Å². The number of aromatic nitrogens is 10. The van der Waals surface area contributed by atoms with Crippen LogP contribution in [0.1, 0.15) is 43.4 Å². The van der Waals surface area contributed by atoms with Crippen molar-refractivity contribution in [1.29, 1.82) is 0 Å². The molecule has 10 aromatic heterocycles. The van der Waals surface area contributed by atoms with Crippen LogP contribution in [0.3, 0.4) is 0 Å². The van der Waals surface area contributed by atoms with Gasteiger partial charge in [0.25, 0.3) is 5.91 Å². The first kappa shape index (κ1) is 72.1. The molecule has 18 rings (SSSR count). The molecule has 4 aliphatic rings. The van der Waals surface area contributed by atoms with Gasteiger partial charge in [-0.15, -0.1) is 11.6 Å². The predicted molar refractivity (Wildman–Crippen MR) is 428 cm³/mol. The van der Waals surface area contributed by atoms with E-state index in [4.69, 9.17) is 27.9 Å². The Labute approximate surface area is 642 Å². The molecule has 546 valence electrons. The number of halogens is 6. The third-order valence-corrected chi connectivity index (χ3v) is 20.9. The Morgan fingerprint density at radius 3 is 1.67 bits per heavy atom. The molecule has 1 unspecified atom stereocenters. The van der Waals surface area contributed by atoms with Gasteiger partial charge in [0, 0.05) is 165 Å². The minimum atomic E-state index is -0.535. The first-order valence-corrected chi connectivity index (χ1v) is 37.1. The second kappa shape index (κ2) is 32.0. The minimum Gasteiger partial charge on any atom is -0.482 e. The Morgan fingerprint density at radius 1 is 0.509 bits per heavy atom. The topological polar surface area (TPSA) is 177 Å². The molecule has 14 aromatic rings. The number of likely N-dealkylation sites (N-methyl/N-ethyl adjacent to an activating group) is 1. The van der Waals surface area contributed by atoms with Crippen molar-refractivity contribution < 1.29 is 27.1 Å². The van der Waals surface area contributed by atoms with Gasteiger partial charge in [-0.05, 0) is 225 Å². The lowest BCUT2D eigenvalue weighted by Gasteiger charge is -2.34. The first-order chi connectivity index (χ1) is 53.7. The Balaban J connectivity index is 0.000000125. The van der Waals surface area contributed by atoms with E-state index >= 15 is 0 Å². The van der Waals surface area contributed by atoms with Crippen molar-refractivity contribution in [3.63, 3.8) is 0 Å². The quantitative estimate of drug-likeness (QED) is 0.0902. The van der Waals surface area contributed by atoms with Gasteiger partial charge in [0.2, 0.25) is 0 Å². The molecule has 0 radical (unpaired) electrons. The number of carbonyl (C=O) groups is 1. The smallest absolute Gasteiger partial charge is 0.262 e. The zero-order valence-corrected chi connectivity index (χ0v) is 61.4. The maximum atomic E-state index is 14.8. The lowest BCUT2D eigenvalue weighted by Crippen LogP contribution is -2.44. The molecular formula is C88H70Cl2F4N14O2. The van der Waals surface area contributed by atoms with Crippen molar-refractivity contribution in [1.82, 2.24) is 59.6 Å². The van der Waals surface area contributed by atoms with E-state index < -0.39 is 17.5 Å². The molecule has 0 spiro atoms. The second-order valence-corrected chi connectivity index (χ2v) is 28.4. The Hall–Kier alpha value is -12.1. The maximum Gasteiger partial charge on any atom is 0.262 e. The highest BCUT2D eigenvalue weighted by atomic mass is 35.5. The Bertz CT molecular complexity index is 5900. The third kappa shape index (κ3) is 15.8. The van der Waals surface area contributed by atoms with E-state index in [-0.39, 0.29) is 29.3 Å². The van der Waals surface area contributed by atoms with Crippen molar-refractivity contribution in [2.75, 3.05) is 69.7 Å². The van der Waals surface area contributed by atoms with Crippen molar-refractivity contribution >= 4 is 79.2 Å². The van der Waals surface area contributed by atoms with Crippen LogP contribution in [0.15, 0.2) is 244 Å². The van der Waals surface area contributed by atoms with Crippen LogP contribution < -0.4 is 15.0 Å². The summed E-state index contributed by atoms with van der Waals surface area (Å²) in [7, 11) is 2.15. The van der Waals surface area contributed by atoms with Gasteiger partial charge in [0.15, 0.2) is 23.5 Å². The summed E-state index contributed by atoms with van der Waals surface area (Å²) in [5.41, 5.74) is 17.3. The number of amides is 1. The number of nitrogens with zero attached hydrogens (tertiary/aromatic N) is 13. The van der Waals surface area contributed by atoms with Gasteiger partial charge < -0.3 is 24.8 Å². The number of carbonyl (C=O) groups excluding carboxylic acids is 1. The summed E-state index contributed by atoms with van der Waals surface area (Å²) in [4.78, 5) is 64.2. The van der Waals surface area contributed by atoms with Crippen LogP contribution in [0.5, 0.6) is 5.75 Å². The number of rotatable bonds is 12. The second-order valence-electron chi connectivity index (χ2n) is 27.4. The largest absolute Gasteiger partial charge is 0.482 e. The standard InChI is InChI=1S/C32H28F2N4.C29H26ClFN6.C27H16ClFN4O2/c1-2-38-14-11-23(12-15-38)21-5-7-22(8-6-21)24-16-25(20-35-19-24)28-18-31(29-17-26(33)9-10-30(29)34)37-32-27(28)4-3-13-36-32;1-36-9-11-37(12-10-36)22-6-8-33-27(15-22)20-13-19(17-32-18-20)24-16-28(25-14-21(30)4-5-26(25)31)35-29-23(24)3-2-7-34-29;28-18-4-5-22(29)21(10-18)23-11-20(19-2-1-7-31-27(19)33-23)17-8-16(12-30-13-17)15-3-6-25-24(9-15)32-26(34)14-35-25/h3-10,13,16-20,23H,2,11-12,14-15H2,1H3;2-3,5-8,13-18,21H,4,9-12H2,1H3;1-13H,14H2,(H,32,34). The monoisotopic (exact) mass is 1500 g/mol. The Kier molecular flexibility index (Phi) is 21.0. The van der Waals surface area contributed by atoms with Gasteiger partial charge >= 0.3 is 0 Å². The molecule has 4 aromatic carbocycles. The number of alkyl halides is 1. The number of benzene rings is 4. The van der Waals surface area contributed by atoms with E-state index in [0.29, 0.717) is 74.0 Å². The number of nitrogens with one attached hydrogen (secondary N) is 1. The summed E-state index contributed by atoms with van der Waals surface area (Å²) in [5, 5.41) is 5.47. The molecule has 1 amide bonds. The molecule has 0 saturated carbocycles. The van der Waals surface area contributed by atoms with Gasteiger partial charge in [0.05, 0.1) is 33.8 Å². The molecule has 110 heavy (non-hydrogen) atoms. The fourth-order valence-corrected chi connectivity index (χ4v) is 14.8. The van der Waals surface area contributed by atoms with Crippen molar-refractivity contribution in [2.45, 2.75) is 37.5 Å². The molecule has 2 fully saturated rings. The fourth-order valence-electron chi connectivity index (χ4n) is 14.4. The molecule has 22 heteroatoms. The van der Waals surface area contributed by atoms with E-state index in [1.165, 1.54) is 42.7 Å². The number of ether oxygens (including phenoxy) is 1. The van der Waals surface area contributed by atoms with E-state index in [1.807, 2.05) is 97.6 Å². The lowest BCUT2D eigenvalue weighted by molar-refractivity contribution is -0.118. The number of piperazine rings is 1. The molecule has 16 nitrogen and oxygen atoms in total. The number of allylic oxidation sites excluding steroid dienone is 4. The molecule has 2 saturated heterocycles. The van der Waals surface area contributed by atoms with E-state index in [9.17, 15) is 22.4 Å². The number of pyridine rings is 10. The summed E-state index contributed by atoms with van der Waals surface area (Å²) < 4.78 is 63.5. The molecule has 0 bridgehead atoms. The normalized spacial score (nSPS) is 15.4. The average Bonchev–Trinajstić information content (AvgIpc) is 0.781. The van der Waals surface area contributed by atoms with Gasteiger partial charge in [-0.1, -0.05) is 54.9 Å². The van der Waals surface area contributed by atoms with Crippen molar-refractivity contribution in [3.8, 4) is 95.2 Å².